The molecule has 21 heavy (non-hydrogen) atoms. The number of carboxylic acid groups (broad SMARTS) is 2. The van der Waals surface area contributed by atoms with Crippen LogP contribution in [0.2, 0.25) is 0 Å². The van der Waals surface area contributed by atoms with Gasteiger partial charge in [-0.2, -0.15) is 0 Å². The van der Waals surface area contributed by atoms with Crippen LogP contribution in [0.4, 0.5) is 0 Å². The van der Waals surface area contributed by atoms with Crippen LogP contribution in [0.15, 0.2) is 42.5 Å². The van der Waals surface area contributed by atoms with Gasteiger partial charge in [0, 0.05) is 0 Å². The van der Waals surface area contributed by atoms with Crippen LogP contribution in [0, 0.1) is 6.92 Å². The normalized spacial score (nSPS) is 8.43. The third-order valence-electron chi connectivity index (χ3n) is 1.79. The summed E-state index contributed by atoms with van der Waals surface area (Å²) in [6.07, 6.45) is 0. The van der Waals surface area contributed by atoms with E-state index in [1.807, 2.05) is 27.7 Å². The largest absolute Gasteiger partial charge is 0.478 e. The van der Waals surface area contributed by atoms with Gasteiger partial charge in [-0.1, -0.05) is 17.2 Å². The number of carbonyl (C=O) groups is 2. The van der Waals surface area contributed by atoms with Crippen molar-refractivity contribution in [1.29, 1.82) is 0 Å². The molecule has 0 aliphatic heterocycles. The lowest BCUT2D eigenvalue weighted by molar-refractivity contribution is 0.0696. The number of benzene rings is 1. The Balaban J connectivity index is 0. The summed E-state index contributed by atoms with van der Waals surface area (Å²) in [7, 11) is 0. The lowest BCUT2D eigenvalue weighted by atomic mass is 10.0. The van der Waals surface area contributed by atoms with Crippen molar-refractivity contribution in [2.24, 2.45) is 0 Å². The molecule has 0 saturated heterocycles. The Kier molecular flexibility index (Phi) is 10.4. The second-order valence-electron chi connectivity index (χ2n) is 5.00. The second-order valence-corrected chi connectivity index (χ2v) is 5.00. The van der Waals surface area contributed by atoms with Crippen molar-refractivity contribution < 1.29 is 19.8 Å². The SMILES string of the molecule is C=C(C)C.C=C(C)C.Cc1c(C(=O)O)cccc1C(=O)O. The number of allylic oxidation sites excluding steroid dienone is 2. The van der Waals surface area contributed by atoms with Gasteiger partial charge in [0.25, 0.3) is 0 Å². The summed E-state index contributed by atoms with van der Waals surface area (Å²) in [5.41, 5.74) is 2.67. The van der Waals surface area contributed by atoms with Gasteiger partial charge < -0.3 is 10.2 Å². The highest BCUT2D eigenvalue weighted by Gasteiger charge is 2.13. The van der Waals surface area contributed by atoms with E-state index in [2.05, 4.69) is 13.2 Å². The Morgan fingerprint density at radius 3 is 1.29 bits per heavy atom. The summed E-state index contributed by atoms with van der Waals surface area (Å²) in [6, 6.07) is 4.17. The fraction of sp³-hybridized carbons (Fsp3) is 0.294. The van der Waals surface area contributed by atoms with Gasteiger partial charge in [-0.05, 0) is 52.3 Å². The van der Waals surface area contributed by atoms with Crippen LogP contribution >= 0.6 is 0 Å². The Bertz CT molecular complexity index is 475. The van der Waals surface area contributed by atoms with Crippen molar-refractivity contribution in [2.45, 2.75) is 34.6 Å². The first-order valence-electron chi connectivity index (χ1n) is 6.31. The van der Waals surface area contributed by atoms with Gasteiger partial charge in [-0.3, -0.25) is 0 Å². The topological polar surface area (TPSA) is 74.6 Å². The van der Waals surface area contributed by atoms with E-state index in [-0.39, 0.29) is 16.7 Å². The third kappa shape index (κ3) is 11.2. The molecule has 1 rings (SSSR count). The smallest absolute Gasteiger partial charge is 0.335 e. The van der Waals surface area contributed by atoms with Crippen molar-refractivity contribution in [3.05, 3.63) is 59.2 Å². The Hall–Kier alpha value is -2.36. The molecule has 0 atom stereocenters. The van der Waals surface area contributed by atoms with E-state index in [1.165, 1.54) is 36.3 Å². The summed E-state index contributed by atoms with van der Waals surface area (Å²) < 4.78 is 0. The van der Waals surface area contributed by atoms with Crippen molar-refractivity contribution in [1.82, 2.24) is 0 Å². The molecule has 1 aromatic carbocycles. The summed E-state index contributed by atoms with van der Waals surface area (Å²) in [4.78, 5) is 21.2. The van der Waals surface area contributed by atoms with Gasteiger partial charge in [0.1, 0.15) is 0 Å². The van der Waals surface area contributed by atoms with Crippen LogP contribution < -0.4 is 0 Å². The van der Waals surface area contributed by atoms with Crippen LogP contribution in [-0.4, -0.2) is 22.2 Å². The molecule has 1 aromatic rings. The first-order chi connectivity index (χ1) is 9.50. The standard InChI is InChI=1S/C9H8O4.2C4H8/c1-5-6(8(10)11)3-2-4-7(5)9(12)13;2*1-4(2)3/h2-4H,1H3,(H,10,11)(H,12,13);2*1H2,2-3H3. The van der Waals surface area contributed by atoms with E-state index in [0.717, 1.165) is 0 Å². The van der Waals surface area contributed by atoms with E-state index in [4.69, 9.17) is 10.2 Å². The van der Waals surface area contributed by atoms with E-state index < -0.39 is 11.9 Å². The average molecular weight is 292 g/mol. The number of hydrogen-bond acceptors (Lipinski definition) is 2. The van der Waals surface area contributed by atoms with Crippen LogP contribution in [0.5, 0.6) is 0 Å². The van der Waals surface area contributed by atoms with Crippen molar-refractivity contribution in [3.63, 3.8) is 0 Å². The molecule has 0 spiro atoms. The minimum Gasteiger partial charge on any atom is -0.478 e. The predicted octanol–water partition coefficient (Wildman–Crippen LogP) is 4.56. The highest BCUT2D eigenvalue weighted by Crippen LogP contribution is 2.13. The summed E-state index contributed by atoms with van der Waals surface area (Å²) in [5, 5.41) is 17.4. The molecule has 4 heteroatoms. The van der Waals surface area contributed by atoms with Crippen LogP contribution in [0.1, 0.15) is 54.0 Å². The molecule has 0 aliphatic rings. The zero-order valence-corrected chi connectivity index (χ0v) is 13.4. The summed E-state index contributed by atoms with van der Waals surface area (Å²) >= 11 is 0. The number of rotatable bonds is 2. The van der Waals surface area contributed by atoms with Gasteiger partial charge in [0.05, 0.1) is 11.1 Å². The van der Waals surface area contributed by atoms with Crippen LogP contribution in [0.25, 0.3) is 0 Å². The van der Waals surface area contributed by atoms with E-state index in [9.17, 15) is 9.59 Å². The molecule has 0 fully saturated rings. The van der Waals surface area contributed by atoms with Crippen molar-refractivity contribution >= 4 is 11.9 Å². The zero-order valence-electron chi connectivity index (χ0n) is 13.4. The van der Waals surface area contributed by atoms with E-state index >= 15 is 0 Å². The van der Waals surface area contributed by atoms with Gasteiger partial charge in [0.15, 0.2) is 0 Å². The third-order valence-corrected chi connectivity index (χ3v) is 1.79. The van der Waals surface area contributed by atoms with E-state index in [0.29, 0.717) is 0 Å². The molecule has 0 heterocycles. The van der Waals surface area contributed by atoms with Gasteiger partial charge in [-0.25, -0.2) is 9.59 Å². The molecule has 0 saturated carbocycles. The molecule has 4 nitrogen and oxygen atoms in total. The lowest BCUT2D eigenvalue weighted by Gasteiger charge is -2.03. The molecule has 116 valence electrons. The molecule has 0 bridgehead atoms. The molecule has 0 aromatic heterocycles. The number of aromatic carboxylic acids is 2. The zero-order chi connectivity index (χ0) is 17.2. The molecule has 0 radical (unpaired) electrons. The number of carboxylic acids is 2. The second kappa shape index (κ2) is 10.4. The highest BCUT2D eigenvalue weighted by molar-refractivity contribution is 5.96. The quantitative estimate of drug-likeness (QED) is 0.784. The maximum absolute atomic E-state index is 10.6. The minimum absolute atomic E-state index is 0.0277. The fourth-order valence-corrected chi connectivity index (χ4v) is 1.10. The maximum atomic E-state index is 10.6. The van der Waals surface area contributed by atoms with E-state index in [1.54, 1.807) is 0 Å². The summed E-state index contributed by atoms with van der Waals surface area (Å²) in [5.74, 6) is -2.22. The first kappa shape index (κ1) is 20.9. The average Bonchev–Trinajstić information content (AvgIpc) is 2.26. The molecule has 2 N–H and O–H groups in total. The van der Waals surface area contributed by atoms with Gasteiger partial charge in [-0.15, -0.1) is 13.2 Å². The summed E-state index contributed by atoms with van der Waals surface area (Å²) in [6.45, 7) is 16.5. The van der Waals surface area contributed by atoms with Gasteiger partial charge >= 0.3 is 11.9 Å². The first-order valence-corrected chi connectivity index (χ1v) is 6.31. The van der Waals surface area contributed by atoms with Crippen molar-refractivity contribution in [2.75, 3.05) is 0 Å². The number of hydrogen-bond donors (Lipinski definition) is 2. The Morgan fingerprint density at radius 2 is 1.10 bits per heavy atom. The van der Waals surface area contributed by atoms with Crippen LogP contribution in [-0.2, 0) is 0 Å². The van der Waals surface area contributed by atoms with Crippen LogP contribution in [0.3, 0.4) is 0 Å². The molecule has 0 unspecified atom stereocenters. The molecule has 0 amide bonds. The maximum Gasteiger partial charge on any atom is 0.335 e. The minimum atomic E-state index is -1.11. The predicted molar refractivity (Wildman–Crippen MR) is 86.1 cm³/mol. The Labute approximate surface area is 126 Å². The Morgan fingerprint density at radius 1 is 0.857 bits per heavy atom. The lowest BCUT2D eigenvalue weighted by Crippen LogP contribution is -2.06. The molecule has 0 aliphatic carbocycles. The molecular weight excluding hydrogens is 268 g/mol. The van der Waals surface area contributed by atoms with Crippen molar-refractivity contribution in [3.8, 4) is 0 Å². The van der Waals surface area contributed by atoms with Gasteiger partial charge in [0.2, 0.25) is 0 Å². The monoisotopic (exact) mass is 292 g/mol. The highest BCUT2D eigenvalue weighted by atomic mass is 16.4. The fourth-order valence-electron chi connectivity index (χ4n) is 1.10. The molecular formula is C17H24O4.